The van der Waals surface area contributed by atoms with Gasteiger partial charge in [0, 0.05) is 6.20 Å². The van der Waals surface area contributed by atoms with Crippen LogP contribution in [-0.2, 0) is 9.53 Å². The molecule has 0 aromatic carbocycles. The highest BCUT2D eigenvalue weighted by Gasteiger charge is 2.09. The first-order valence-electron chi connectivity index (χ1n) is 4.17. The van der Waals surface area contributed by atoms with Crippen LogP contribution in [0.3, 0.4) is 0 Å². The molecule has 1 aromatic rings. The van der Waals surface area contributed by atoms with Gasteiger partial charge in [0.05, 0.1) is 12.4 Å². The summed E-state index contributed by atoms with van der Waals surface area (Å²) in [5.41, 5.74) is -0.650. The van der Waals surface area contributed by atoms with Crippen LogP contribution in [0.15, 0.2) is 16.0 Å². The zero-order chi connectivity index (χ0) is 11.3. The number of hydrogen-bond acceptors (Lipinski definition) is 5. The van der Waals surface area contributed by atoms with E-state index in [-0.39, 0.29) is 17.4 Å². The first-order chi connectivity index (χ1) is 7.13. The molecule has 0 fully saturated rings. The van der Waals surface area contributed by atoms with Crippen molar-refractivity contribution in [2.75, 3.05) is 12.4 Å². The first kappa shape index (κ1) is 11.7. The smallest absolute Gasteiger partial charge is 0.346 e. The van der Waals surface area contributed by atoms with Crippen molar-refractivity contribution in [2.45, 2.75) is 11.9 Å². The number of esters is 1. The van der Waals surface area contributed by atoms with Crippen LogP contribution >= 0.6 is 11.8 Å². The van der Waals surface area contributed by atoms with E-state index in [9.17, 15) is 14.0 Å². The summed E-state index contributed by atoms with van der Waals surface area (Å²) in [4.78, 5) is 27.1. The number of rotatable bonds is 4. The zero-order valence-corrected chi connectivity index (χ0v) is 8.77. The lowest BCUT2D eigenvalue weighted by Gasteiger charge is -2.01. The molecular weight excluding hydrogens is 223 g/mol. The SMILES string of the molecule is CCOC(=O)CSc1nc(=O)[nH]cc1F. The third-order valence-corrected chi connectivity index (χ3v) is 2.30. The number of halogens is 1. The zero-order valence-electron chi connectivity index (χ0n) is 7.95. The highest BCUT2D eigenvalue weighted by molar-refractivity contribution is 7.99. The molecule has 0 saturated carbocycles. The average molecular weight is 232 g/mol. The van der Waals surface area contributed by atoms with Gasteiger partial charge in [-0.15, -0.1) is 0 Å². The summed E-state index contributed by atoms with van der Waals surface area (Å²) in [5.74, 6) is -1.20. The molecule has 0 radical (unpaired) electrons. The molecule has 0 spiro atoms. The second-order valence-corrected chi connectivity index (χ2v) is 3.42. The van der Waals surface area contributed by atoms with Gasteiger partial charge in [-0.25, -0.2) is 9.18 Å². The highest BCUT2D eigenvalue weighted by atomic mass is 32.2. The fraction of sp³-hybridized carbons (Fsp3) is 0.375. The third kappa shape index (κ3) is 3.70. The van der Waals surface area contributed by atoms with Crippen LogP contribution in [0.2, 0.25) is 0 Å². The largest absolute Gasteiger partial charge is 0.465 e. The molecule has 0 aliphatic heterocycles. The van der Waals surface area contributed by atoms with Crippen molar-refractivity contribution in [2.24, 2.45) is 0 Å². The van der Waals surface area contributed by atoms with Gasteiger partial charge in [0.2, 0.25) is 0 Å². The van der Waals surface area contributed by atoms with Crippen molar-refractivity contribution in [1.82, 2.24) is 9.97 Å². The van der Waals surface area contributed by atoms with Crippen molar-refractivity contribution in [3.05, 3.63) is 22.5 Å². The summed E-state index contributed by atoms with van der Waals surface area (Å²) in [7, 11) is 0. The number of hydrogen-bond donors (Lipinski definition) is 1. The Morgan fingerprint density at radius 3 is 3.13 bits per heavy atom. The van der Waals surface area contributed by atoms with Crippen molar-refractivity contribution in [3.8, 4) is 0 Å². The molecule has 0 aliphatic rings. The molecule has 7 heteroatoms. The lowest BCUT2D eigenvalue weighted by atomic mass is 10.6. The van der Waals surface area contributed by atoms with Crippen LogP contribution in [0, 0.1) is 5.82 Å². The van der Waals surface area contributed by atoms with E-state index < -0.39 is 17.5 Å². The minimum absolute atomic E-state index is 0.0682. The quantitative estimate of drug-likeness (QED) is 0.466. The Bertz CT molecular complexity index is 407. The Kier molecular flexibility index (Phi) is 4.29. The summed E-state index contributed by atoms with van der Waals surface area (Å²) in [6.45, 7) is 1.94. The second-order valence-electron chi connectivity index (χ2n) is 2.45. The van der Waals surface area contributed by atoms with Crippen LogP contribution in [0.5, 0.6) is 0 Å². The summed E-state index contributed by atoms with van der Waals surface area (Å²) in [5, 5.41) is -0.105. The van der Waals surface area contributed by atoms with Crippen LogP contribution in [-0.4, -0.2) is 28.3 Å². The Balaban J connectivity index is 2.61. The highest BCUT2D eigenvalue weighted by Crippen LogP contribution is 2.16. The van der Waals surface area contributed by atoms with Gasteiger partial charge in [0.15, 0.2) is 5.82 Å². The molecule has 0 aliphatic carbocycles. The maximum absolute atomic E-state index is 13.0. The Morgan fingerprint density at radius 1 is 1.73 bits per heavy atom. The number of ether oxygens (including phenoxy) is 1. The maximum atomic E-state index is 13.0. The molecule has 1 aromatic heterocycles. The van der Waals surface area contributed by atoms with Gasteiger partial charge in [0.1, 0.15) is 5.03 Å². The van der Waals surface area contributed by atoms with Gasteiger partial charge < -0.3 is 9.72 Å². The fourth-order valence-corrected chi connectivity index (χ4v) is 1.48. The number of thioether (sulfide) groups is 1. The number of carbonyl (C=O) groups excluding carboxylic acids is 1. The average Bonchev–Trinajstić information content (AvgIpc) is 2.20. The minimum Gasteiger partial charge on any atom is -0.465 e. The molecule has 1 N–H and O–H groups in total. The summed E-state index contributed by atoms with van der Waals surface area (Å²) in [6, 6.07) is 0. The molecule has 5 nitrogen and oxygen atoms in total. The summed E-state index contributed by atoms with van der Waals surface area (Å²) >= 11 is 0.829. The van der Waals surface area contributed by atoms with Crippen LogP contribution in [0.1, 0.15) is 6.92 Å². The minimum atomic E-state index is -0.663. The molecule has 15 heavy (non-hydrogen) atoms. The Morgan fingerprint density at radius 2 is 2.47 bits per heavy atom. The molecule has 0 atom stereocenters. The van der Waals surface area contributed by atoms with Gasteiger partial charge in [-0.1, -0.05) is 11.8 Å². The maximum Gasteiger partial charge on any atom is 0.346 e. The number of H-pyrrole nitrogens is 1. The Hall–Kier alpha value is -1.37. The third-order valence-electron chi connectivity index (χ3n) is 1.36. The molecule has 1 heterocycles. The number of aromatic amines is 1. The van der Waals surface area contributed by atoms with E-state index in [2.05, 4.69) is 14.7 Å². The number of aromatic nitrogens is 2. The normalized spacial score (nSPS) is 10.0. The monoisotopic (exact) mass is 232 g/mol. The van der Waals surface area contributed by atoms with E-state index >= 15 is 0 Å². The van der Waals surface area contributed by atoms with Crippen LogP contribution in [0.4, 0.5) is 4.39 Å². The molecule has 0 saturated heterocycles. The van der Waals surface area contributed by atoms with E-state index in [0.29, 0.717) is 0 Å². The van der Waals surface area contributed by atoms with Crippen molar-refractivity contribution in [1.29, 1.82) is 0 Å². The van der Waals surface area contributed by atoms with Gasteiger partial charge in [-0.05, 0) is 6.92 Å². The van der Waals surface area contributed by atoms with E-state index in [0.717, 1.165) is 18.0 Å². The van der Waals surface area contributed by atoms with Crippen LogP contribution < -0.4 is 5.69 Å². The standard InChI is InChI=1S/C8H9FN2O3S/c1-2-14-6(12)4-15-7-5(9)3-10-8(13)11-7/h3H,2,4H2,1H3,(H,10,11,13). The van der Waals surface area contributed by atoms with Gasteiger partial charge in [-0.3, -0.25) is 4.79 Å². The number of carbonyl (C=O) groups is 1. The summed E-state index contributed by atoms with van der Waals surface area (Å²) < 4.78 is 17.6. The molecule has 0 unspecified atom stereocenters. The molecule has 0 amide bonds. The fourth-order valence-electron chi connectivity index (χ4n) is 0.796. The van der Waals surface area contributed by atoms with Crippen LogP contribution in [0.25, 0.3) is 0 Å². The topological polar surface area (TPSA) is 72.0 Å². The van der Waals surface area contributed by atoms with E-state index in [1.165, 1.54) is 0 Å². The lowest BCUT2D eigenvalue weighted by molar-refractivity contribution is -0.139. The summed E-state index contributed by atoms with van der Waals surface area (Å²) in [6.07, 6.45) is 0.906. The van der Waals surface area contributed by atoms with Gasteiger partial charge >= 0.3 is 11.7 Å². The predicted octanol–water partition coefficient (Wildman–Crippen LogP) is 0.564. The van der Waals surface area contributed by atoms with Crippen molar-refractivity contribution >= 4 is 17.7 Å². The lowest BCUT2D eigenvalue weighted by Crippen LogP contribution is -2.13. The number of nitrogens with zero attached hydrogens (tertiary/aromatic N) is 1. The first-order valence-corrected chi connectivity index (χ1v) is 5.15. The molecule has 0 bridgehead atoms. The predicted molar refractivity (Wildman–Crippen MR) is 52.2 cm³/mol. The van der Waals surface area contributed by atoms with Crippen molar-refractivity contribution in [3.63, 3.8) is 0 Å². The van der Waals surface area contributed by atoms with Gasteiger partial charge in [0.25, 0.3) is 0 Å². The van der Waals surface area contributed by atoms with E-state index in [4.69, 9.17) is 0 Å². The molecule has 82 valence electrons. The van der Waals surface area contributed by atoms with Gasteiger partial charge in [-0.2, -0.15) is 4.98 Å². The van der Waals surface area contributed by atoms with E-state index in [1.54, 1.807) is 6.92 Å². The molecule has 1 rings (SSSR count). The molecular formula is C8H9FN2O3S. The second kappa shape index (κ2) is 5.50. The van der Waals surface area contributed by atoms with Crippen molar-refractivity contribution < 1.29 is 13.9 Å². The number of nitrogens with one attached hydrogen (secondary N) is 1. The van der Waals surface area contributed by atoms with E-state index in [1.807, 2.05) is 0 Å². The Labute approximate surface area is 89.1 Å².